The number of sulfonamides is 1. The third-order valence-corrected chi connectivity index (χ3v) is 8.35. The zero-order valence-corrected chi connectivity index (χ0v) is 21.1. The molecule has 2 aliphatic heterocycles. The summed E-state index contributed by atoms with van der Waals surface area (Å²) in [4.78, 5) is 25.8. The maximum absolute atomic E-state index is 14.0. The molecule has 1 fully saturated rings. The minimum Gasteiger partial charge on any atom is -0.359 e. The molecule has 3 N–H and O–H groups in total. The molecule has 2 unspecified atom stereocenters. The number of amides is 1. The molecule has 2 aromatic carbocycles. The van der Waals surface area contributed by atoms with Crippen LogP contribution in [-0.2, 0) is 27.7 Å². The van der Waals surface area contributed by atoms with E-state index < -0.39 is 10.0 Å². The molecule has 5 rings (SSSR count). The van der Waals surface area contributed by atoms with E-state index in [0.717, 1.165) is 66.7 Å². The number of H-pyrrole nitrogens is 1. The van der Waals surface area contributed by atoms with Gasteiger partial charge in [0.25, 0.3) is 0 Å². The number of aromatic amines is 1. The Hall–Kier alpha value is -2.91. The Balaban J connectivity index is 1.53. The molecule has 2 aliphatic rings. The summed E-state index contributed by atoms with van der Waals surface area (Å²) in [5.74, 6) is 1.04. The van der Waals surface area contributed by atoms with E-state index in [0.29, 0.717) is 12.3 Å². The zero-order chi connectivity index (χ0) is 24.7. The predicted molar refractivity (Wildman–Crippen MR) is 137 cm³/mol. The number of anilines is 1. The number of rotatable bonds is 5. The predicted octanol–water partition coefficient (Wildman–Crippen LogP) is 3.08. The molecule has 0 bridgehead atoms. The number of hydrogen-bond donors (Lipinski definition) is 2. The Morgan fingerprint density at radius 1 is 1.14 bits per heavy atom. The van der Waals surface area contributed by atoms with Crippen LogP contribution >= 0.6 is 0 Å². The lowest BCUT2D eigenvalue weighted by Crippen LogP contribution is -2.54. The van der Waals surface area contributed by atoms with Gasteiger partial charge in [-0.1, -0.05) is 19.9 Å². The first kappa shape index (κ1) is 23.8. The van der Waals surface area contributed by atoms with Crippen LogP contribution in [0.5, 0.6) is 0 Å². The number of piperidine rings is 1. The van der Waals surface area contributed by atoms with Crippen molar-refractivity contribution < 1.29 is 13.2 Å². The number of aromatic nitrogens is 2. The van der Waals surface area contributed by atoms with Crippen molar-refractivity contribution in [1.82, 2.24) is 14.9 Å². The van der Waals surface area contributed by atoms with E-state index in [-0.39, 0.29) is 22.8 Å². The second kappa shape index (κ2) is 9.28. The Kier molecular flexibility index (Phi) is 6.31. The lowest BCUT2D eigenvalue weighted by atomic mass is 9.90. The number of imidazole rings is 1. The van der Waals surface area contributed by atoms with E-state index in [2.05, 4.69) is 34.8 Å². The van der Waals surface area contributed by atoms with Gasteiger partial charge < -0.3 is 14.8 Å². The molecule has 9 heteroatoms. The molecule has 35 heavy (non-hydrogen) atoms. The van der Waals surface area contributed by atoms with E-state index >= 15 is 0 Å². The Morgan fingerprint density at radius 3 is 2.66 bits per heavy atom. The molecule has 1 saturated heterocycles. The summed E-state index contributed by atoms with van der Waals surface area (Å²) >= 11 is 0. The lowest BCUT2D eigenvalue weighted by Gasteiger charge is -2.42. The van der Waals surface area contributed by atoms with Crippen LogP contribution in [0.25, 0.3) is 11.0 Å². The fourth-order valence-corrected chi connectivity index (χ4v) is 6.02. The topological polar surface area (TPSA) is 112 Å². The highest BCUT2D eigenvalue weighted by Crippen LogP contribution is 2.34. The molecule has 2 atom stereocenters. The number of likely N-dealkylation sites (tertiary alicyclic amines) is 1. The van der Waals surface area contributed by atoms with Gasteiger partial charge in [0, 0.05) is 31.7 Å². The number of fused-ring (bicyclic) bond motifs is 2. The molecular formula is C26H33N5O3S. The Bertz CT molecular complexity index is 1340. The van der Waals surface area contributed by atoms with Gasteiger partial charge in [-0.2, -0.15) is 0 Å². The molecule has 186 valence electrons. The number of carbonyl (C=O) groups excluding carboxylic acids is 1. The van der Waals surface area contributed by atoms with Crippen LogP contribution in [0.4, 0.5) is 5.69 Å². The van der Waals surface area contributed by atoms with Gasteiger partial charge in [0.05, 0.1) is 22.3 Å². The summed E-state index contributed by atoms with van der Waals surface area (Å²) < 4.78 is 24.0. The molecule has 8 nitrogen and oxygen atoms in total. The summed E-state index contributed by atoms with van der Waals surface area (Å²) in [6.45, 7) is 6.66. The summed E-state index contributed by atoms with van der Waals surface area (Å²) in [6, 6.07) is 10.8. The van der Waals surface area contributed by atoms with Crippen LogP contribution in [0.15, 0.2) is 47.6 Å². The number of nitrogens with two attached hydrogens (primary N) is 1. The molecule has 1 amide bonds. The molecule has 0 spiro atoms. The van der Waals surface area contributed by atoms with Gasteiger partial charge in [-0.25, -0.2) is 18.5 Å². The zero-order valence-electron chi connectivity index (χ0n) is 20.3. The first-order valence-corrected chi connectivity index (χ1v) is 13.9. The van der Waals surface area contributed by atoms with Crippen molar-refractivity contribution in [2.24, 2.45) is 17.0 Å². The summed E-state index contributed by atoms with van der Waals surface area (Å²) in [7, 11) is -3.80. The third-order valence-electron chi connectivity index (χ3n) is 7.44. The number of nitrogens with zero attached hydrogens (tertiary/aromatic N) is 3. The van der Waals surface area contributed by atoms with Gasteiger partial charge in [-0.05, 0) is 72.6 Å². The fraction of sp³-hybridized carbons (Fsp3) is 0.462. The van der Waals surface area contributed by atoms with E-state index in [1.54, 1.807) is 18.5 Å². The van der Waals surface area contributed by atoms with Crippen LogP contribution < -0.4 is 10.0 Å². The molecule has 0 aliphatic carbocycles. The number of nitrogens with one attached hydrogen (secondary N) is 1. The van der Waals surface area contributed by atoms with Gasteiger partial charge in [-0.15, -0.1) is 0 Å². The third kappa shape index (κ3) is 4.92. The summed E-state index contributed by atoms with van der Waals surface area (Å²) in [5, 5.41) is 5.40. The van der Waals surface area contributed by atoms with Crippen molar-refractivity contribution in [3.63, 3.8) is 0 Å². The molecule has 0 radical (unpaired) electrons. The SMILES string of the molecule is CC1CCN(C(=O)C(Cc2ccc3nc[nH]c3c2)N2CC(C)Cc3cc(S(N)(=O)=O)ccc32)CC1. The normalized spacial score (nSPS) is 20.1. The molecule has 3 aromatic rings. The molecular weight excluding hydrogens is 462 g/mol. The first-order valence-electron chi connectivity index (χ1n) is 12.3. The molecule has 0 saturated carbocycles. The molecule has 3 heterocycles. The van der Waals surface area contributed by atoms with Crippen molar-refractivity contribution >= 4 is 32.7 Å². The van der Waals surface area contributed by atoms with Crippen LogP contribution in [0.1, 0.15) is 37.8 Å². The van der Waals surface area contributed by atoms with Crippen LogP contribution in [0, 0.1) is 11.8 Å². The minimum atomic E-state index is -3.80. The smallest absolute Gasteiger partial charge is 0.245 e. The van der Waals surface area contributed by atoms with Crippen molar-refractivity contribution in [3.05, 3.63) is 53.9 Å². The van der Waals surface area contributed by atoms with Crippen LogP contribution in [-0.4, -0.2) is 54.9 Å². The minimum absolute atomic E-state index is 0.114. The van der Waals surface area contributed by atoms with Crippen molar-refractivity contribution in [2.45, 2.75) is 50.5 Å². The van der Waals surface area contributed by atoms with Crippen molar-refractivity contribution in [3.8, 4) is 0 Å². The van der Waals surface area contributed by atoms with Crippen LogP contribution in [0.2, 0.25) is 0 Å². The maximum atomic E-state index is 14.0. The van der Waals surface area contributed by atoms with Crippen LogP contribution in [0.3, 0.4) is 0 Å². The number of primary sulfonamides is 1. The fourth-order valence-electron chi connectivity index (χ4n) is 5.46. The van der Waals surface area contributed by atoms with E-state index in [1.165, 1.54) is 0 Å². The maximum Gasteiger partial charge on any atom is 0.245 e. The average molecular weight is 496 g/mol. The van der Waals surface area contributed by atoms with Gasteiger partial charge in [-0.3, -0.25) is 4.79 Å². The first-order chi connectivity index (χ1) is 16.7. The summed E-state index contributed by atoms with van der Waals surface area (Å²) in [6.07, 6.45) is 5.02. The van der Waals surface area contributed by atoms with Gasteiger partial charge in [0.15, 0.2) is 0 Å². The second-order valence-corrected chi connectivity index (χ2v) is 11.8. The van der Waals surface area contributed by atoms with Gasteiger partial charge in [0.1, 0.15) is 6.04 Å². The highest BCUT2D eigenvalue weighted by atomic mass is 32.2. The Morgan fingerprint density at radius 2 is 1.91 bits per heavy atom. The second-order valence-electron chi connectivity index (χ2n) is 10.3. The average Bonchev–Trinajstić information content (AvgIpc) is 3.29. The summed E-state index contributed by atoms with van der Waals surface area (Å²) in [5.41, 5.74) is 4.75. The lowest BCUT2D eigenvalue weighted by molar-refractivity contribution is -0.134. The standard InChI is InChI=1S/C26H33N5O3S/c1-17-7-9-30(10-8-17)26(32)25(13-19-3-5-22-23(12-19)29-16-28-22)31-15-18(2)11-20-14-21(35(27,33)34)4-6-24(20)31/h3-6,12,14,16-18,25H,7-11,13,15H2,1-2H3,(H,28,29)(H2,27,33,34). The van der Waals surface area contributed by atoms with E-state index in [9.17, 15) is 13.2 Å². The number of benzene rings is 2. The Labute approximate surface area is 206 Å². The van der Waals surface area contributed by atoms with E-state index in [1.807, 2.05) is 23.1 Å². The quantitative estimate of drug-likeness (QED) is 0.565. The number of hydrogen-bond acceptors (Lipinski definition) is 5. The van der Waals surface area contributed by atoms with E-state index in [4.69, 9.17) is 5.14 Å². The van der Waals surface area contributed by atoms with Crippen molar-refractivity contribution in [2.75, 3.05) is 24.5 Å². The van der Waals surface area contributed by atoms with Gasteiger partial charge in [0.2, 0.25) is 15.9 Å². The van der Waals surface area contributed by atoms with Crippen molar-refractivity contribution in [1.29, 1.82) is 0 Å². The molecule has 1 aromatic heterocycles. The van der Waals surface area contributed by atoms with Gasteiger partial charge >= 0.3 is 0 Å². The largest absolute Gasteiger partial charge is 0.359 e. The monoisotopic (exact) mass is 495 g/mol. The highest BCUT2D eigenvalue weighted by molar-refractivity contribution is 7.89. The highest BCUT2D eigenvalue weighted by Gasteiger charge is 2.36. The number of carbonyl (C=O) groups is 1.